The zero-order valence-electron chi connectivity index (χ0n) is 12.6. The van der Waals surface area contributed by atoms with Crippen LogP contribution < -0.4 is 5.32 Å². The molecule has 0 radical (unpaired) electrons. The number of amides is 1. The summed E-state index contributed by atoms with van der Waals surface area (Å²) in [6.07, 6.45) is 1.78. The molecule has 0 aliphatic carbocycles. The molecule has 3 nitrogen and oxygen atoms in total. The fourth-order valence-corrected chi connectivity index (χ4v) is 2.23. The van der Waals surface area contributed by atoms with E-state index in [4.69, 9.17) is 0 Å². The number of nitrogens with one attached hydrogen (secondary N) is 2. The second kappa shape index (κ2) is 4.62. The van der Waals surface area contributed by atoms with E-state index in [-0.39, 0.29) is 17.3 Å². The van der Waals surface area contributed by atoms with Gasteiger partial charge in [-0.05, 0) is 58.4 Å². The molecule has 20 heavy (non-hydrogen) atoms. The Kier molecular flexibility index (Phi) is 3.36. The van der Waals surface area contributed by atoms with Crippen LogP contribution in [0.1, 0.15) is 40.2 Å². The summed E-state index contributed by atoms with van der Waals surface area (Å²) in [4.78, 5) is 15.5. The van der Waals surface area contributed by atoms with E-state index in [0.717, 1.165) is 10.9 Å². The molecule has 2 N–H and O–H groups in total. The van der Waals surface area contributed by atoms with Crippen molar-refractivity contribution in [2.24, 2.45) is 0 Å². The number of H-pyrrole nitrogens is 1. The van der Waals surface area contributed by atoms with Crippen LogP contribution in [0.2, 0.25) is 0 Å². The average molecular weight is 276 g/mol. The second-order valence-corrected chi connectivity index (χ2v) is 6.72. The van der Waals surface area contributed by atoms with E-state index in [0.29, 0.717) is 5.52 Å². The van der Waals surface area contributed by atoms with Crippen molar-refractivity contribution in [1.82, 2.24) is 10.3 Å². The molecule has 0 atom stereocenters. The van der Waals surface area contributed by atoms with Crippen LogP contribution in [0, 0.1) is 5.82 Å². The molecule has 1 heterocycles. The largest absolute Gasteiger partial charge is 0.361 e. The lowest BCUT2D eigenvalue weighted by Crippen LogP contribution is -2.48. The summed E-state index contributed by atoms with van der Waals surface area (Å²) in [6.45, 7) is 9.60. The van der Waals surface area contributed by atoms with Crippen LogP contribution in [-0.2, 0) is 10.2 Å². The summed E-state index contributed by atoms with van der Waals surface area (Å²) in [5.41, 5.74) is 0.599. The van der Waals surface area contributed by atoms with Crippen molar-refractivity contribution >= 4 is 16.8 Å². The second-order valence-electron chi connectivity index (χ2n) is 6.72. The SMILES string of the molecule is CC(C)(C)NC(=O)C(C)(C)c1c[nH]c2cc(F)ccc12. The number of rotatable bonds is 2. The molecule has 0 saturated heterocycles. The minimum absolute atomic E-state index is 0.0461. The third-order valence-electron chi connectivity index (χ3n) is 3.37. The fourth-order valence-electron chi connectivity index (χ4n) is 2.23. The Hall–Kier alpha value is -1.84. The molecule has 0 saturated carbocycles. The van der Waals surface area contributed by atoms with Gasteiger partial charge in [0.25, 0.3) is 0 Å². The van der Waals surface area contributed by atoms with Crippen LogP contribution in [0.3, 0.4) is 0 Å². The van der Waals surface area contributed by atoms with Crippen molar-refractivity contribution in [3.05, 3.63) is 35.8 Å². The Morgan fingerprint density at radius 1 is 1.20 bits per heavy atom. The molecule has 0 aliphatic rings. The zero-order valence-corrected chi connectivity index (χ0v) is 12.6. The first-order chi connectivity index (χ1) is 9.11. The normalized spacial score (nSPS) is 12.7. The van der Waals surface area contributed by atoms with Crippen LogP contribution >= 0.6 is 0 Å². The molecule has 0 spiro atoms. The average Bonchev–Trinajstić information content (AvgIpc) is 2.69. The molecule has 108 valence electrons. The summed E-state index contributed by atoms with van der Waals surface area (Å²) in [6, 6.07) is 4.57. The Balaban J connectivity index is 2.44. The third kappa shape index (κ3) is 2.69. The number of aromatic amines is 1. The Morgan fingerprint density at radius 3 is 2.45 bits per heavy atom. The van der Waals surface area contributed by atoms with E-state index in [1.807, 2.05) is 34.6 Å². The molecule has 4 heteroatoms. The highest BCUT2D eigenvalue weighted by Crippen LogP contribution is 2.31. The summed E-state index contributed by atoms with van der Waals surface area (Å²) in [7, 11) is 0. The lowest BCUT2D eigenvalue weighted by atomic mass is 9.83. The number of halogens is 1. The zero-order chi connectivity index (χ0) is 15.1. The topological polar surface area (TPSA) is 44.9 Å². The monoisotopic (exact) mass is 276 g/mol. The van der Waals surface area contributed by atoms with Crippen LogP contribution in [0.5, 0.6) is 0 Å². The minimum atomic E-state index is -0.691. The first-order valence-electron chi connectivity index (χ1n) is 6.71. The number of fused-ring (bicyclic) bond motifs is 1. The van der Waals surface area contributed by atoms with Gasteiger partial charge in [0.05, 0.1) is 5.41 Å². The van der Waals surface area contributed by atoms with E-state index in [1.165, 1.54) is 12.1 Å². The maximum Gasteiger partial charge on any atom is 0.230 e. The van der Waals surface area contributed by atoms with Gasteiger partial charge in [0.2, 0.25) is 5.91 Å². The van der Waals surface area contributed by atoms with Gasteiger partial charge in [-0.1, -0.05) is 0 Å². The first-order valence-corrected chi connectivity index (χ1v) is 6.71. The molecule has 0 bridgehead atoms. The fraction of sp³-hybridized carbons (Fsp3) is 0.438. The Bertz CT molecular complexity index is 650. The van der Waals surface area contributed by atoms with Gasteiger partial charge in [-0.15, -0.1) is 0 Å². The molecular formula is C16H21FN2O. The third-order valence-corrected chi connectivity index (χ3v) is 3.37. The standard InChI is InChI=1S/C16H21FN2O/c1-15(2,3)19-14(20)16(4,5)12-9-18-13-8-10(17)6-7-11(12)13/h6-9,18H,1-5H3,(H,19,20). The van der Waals surface area contributed by atoms with Crippen LogP contribution in [-0.4, -0.2) is 16.4 Å². The smallest absolute Gasteiger partial charge is 0.230 e. The van der Waals surface area contributed by atoms with Gasteiger partial charge in [-0.3, -0.25) is 4.79 Å². The molecule has 0 fully saturated rings. The van der Waals surface area contributed by atoms with Crippen molar-refractivity contribution in [3.8, 4) is 0 Å². The van der Waals surface area contributed by atoms with Crippen molar-refractivity contribution in [2.45, 2.75) is 45.6 Å². The highest BCUT2D eigenvalue weighted by Gasteiger charge is 2.34. The summed E-state index contributed by atoms with van der Waals surface area (Å²) in [5.74, 6) is -0.335. The maximum absolute atomic E-state index is 13.2. The Morgan fingerprint density at radius 2 is 1.85 bits per heavy atom. The van der Waals surface area contributed by atoms with E-state index in [9.17, 15) is 9.18 Å². The van der Waals surface area contributed by atoms with Gasteiger partial charge in [-0.2, -0.15) is 0 Å². The predicted octanol–water partition coefficient (Wildman–Crippen LogP) is 3.50. The molecule has 0 aliphatic heterocycles. The van der Waals surface area contributed by atoms with Crippen molar-refractivity contribution < 1.29 is 9.18 Å². The molecule has 1 amide bonds. The number of hydrogen-bond acceptors (Lipinski definition) is 1. The molecule has 1 aromatic heterocycles. The minimum Gasteiger partial charge on any atom is -0.361 e. The summed E-state index contributed by atoms with van der Waals surface area (Å²) in [5, 5.41) is 3.87. The van der Waals surface area contributed by atoms with Crippen LogP contribution in [0.15, 0.2) is 24.4 Å². The number of benzene rings is 1. The number of aromatic nitrogens is 1. The van der Waals surface area contributed by atoms with E-state index in [1.54, 1.807) is 12.3 Å². The molecule has 0 unspecified atom stereocenters. The van der Waals surface area contributed by atoms with Gasteiger partial charge in [-0.25, -0.2) is 4.39 Å². The van der Waals surface area contributed by atoms with E-state index >= 15 is 0 Å². The lowest BCUT2D eigenvalue weighted by Gasteiger charge is -2.29. The molecule has 1 aromatic carbocycles. The lowest BCUT2D eigenvalue weighted by molar-refractivity contribution is -0.127. The first kappa shape index (κ1) is 14.6. The van der Waals surface area contributed by atoms with E-state index in [2.05, 4.69) is 10.3 Å². The number of hydrogen-bond donors (Lipinski definition) is 2. The van der Waals surface area contributed by atoms with Gasteiger partial charge in [0, 0.05) is 22.6 Å². The van der Waals surface area contributed by atoms with Gasteiger partial charge in [0.1, 0.15) is 5.82 Å². The number of carbonyl (C=O) groups is 1. The van der Waals surface area contributed by atoms with Crippen molar-refractivity contribution in [3.63, 3.8) is 0 Å². The summed E-state index contributed by atoms with van der Waals surface area (Å²) >= 11 is 0. The predicted molar refractivity (Wildman–Crippen MR) is 79.2 cm³/mol. The summed E-state index contributed by atoms with van der Waals surface area (Å²) < 4.78 is 13.2. The Labute approximate surface area is 118 Å². The van der Waals surface area contributed by atoms with Crippen LogP contribution in [0.25, 0.3) is 10.9 Å². The maximum atomic E-state index is 13.2. The van der Waals surface area contributed by atoms with Crippen molar-refractivity contribution in [1.29, 1.82) is 0 Å². The highest BCUT2D eigenvalue weighted by atomic mass is 19.1. The van der Waals surface area contributed by atoms with Gasteiger partial charge in [0.15, 0.2) is 0 Å². The molecule has 2 rings (SSSR count). The van der Waals surface area contributed by atoms with Gasteiger partial charge >= 0.3 is 0 Å². The molecule has 2 aromatic rings. The van der Waals surface area contributed by atoms with Crippen molar-refractivity contribution in [2.75, 3.05) is 0 Å². The van der Waals surface area contributed by atoms with Gasteiger partial charge < -0.3 is 10.3 Å². The number of carbonyl (C=O) groups excluding carboxylic acids is 1. The van der Waals surface area contributed by atoms with Crippen LogP contribution in [0.4, 0.5) is 4.39 Å². The quantitative estimate of drug-likeness (QED) is 0.866. The highest BCUT2D eigenvalue weighted by molar-refractivity contribution is 5.94. The molecular weight excluding hydrogens is 255 g/mol. The van der Waals surface area contributed by atoms with E-state index < -0.39 is 5.41 Å².